The number of β-lactam (4-membered cyclic amide) rings is 1. The Balaban J connectivity index is 0.00000400. The highest BCUT2D eigenvalue weighted by molar-refractivity contribution is 8.01. The highest BCUT2D eigenvalue weighted by Gasteiger charge is 2.54. The van der Waals surface area contributed by atoms with Gasteiger partial charge in [0.05, 0.1) is 6.54 Å². The number of hydrogen-bond donors (Lipinski definition) is 3. The van der Waals surface area contributed by atoms with Gasteiger partial charge in [0.2, 0.25) is 11.9 Å². The molecule has 2 aromatic rings. The zero-order chi connectivity index (χ0) is 26.5. The molecule has 2 aliphatic rings. The zero-order valence-corrected chi connectivity index (χ0v) is 22.3. The molecule has 0 spiro atoms. The summed E-state index contributed by atoms with van der Waals surface area (Å²) in [5.41, 5.74) is 6.13. The summed E-state index contributed by atoms with van der Waals surface area (Å²) in [6.45, 7) is -1.05. The normalized spacial score (nSPS) is 19.0. The van der Waals surface area contributed by atoms with E-state index in [2.05, 4.69) is 20.8 Å². The van der Waals surface area contributed by atoms with E-state index in [1.54, 1.807) is 37.4 Å². The Hall–Kier alpha value is -3.18. The molecule has 0 saturated carbocycles. The summed E-state index contributed by atoms with van der Waals surface area (Å²) >= 11 is 2.61. The molecule has 0 radical (unpaired) electrons. The Bertz CT molecular complexity index is 1230. The maximum absolute atomic E-state index is 13.1. The van der Waals surface area contributed by atoms with E-state index in [1.165, 1.54) is 33.1 Å². The lowest BCUT2D eigenvalue weighted by Crippen LogP contribution is -2.71. The highest BCUT2D eigenvalue weighted by Crippen LogP contribution is 2.42. The fourth-order valence-corrected chi connectivity index (χ4v) is 5.91. The minimum atomic E-state index is -1.46. The number of aromatic nitrogens is 4. The van der Waals surface area contributed by atoms with Crippen LogP contribution in [0.5, 0.6) is 0 Å². The molecular weight excluding hydrogens is 562 g/mol. The van der Waals surface area contributed by atoms with Crippen LogP contribution in [0.15, 0.2) is 46.8 Å². The SMILES string of the molecule is Cl.Cn1nnnc1SCC1=C(C(=O)OCOC(=O)CN)N2C(=O)[C@@H](NC(=O)[C@H](O)c3ccccc3)[C@H]2SC1. The maximum Gasteiger partial charge on any atom is 0.357 e. The number of ether oxygens (including phenoxy) is 2. The molecule has 2 aliphatic heterocycles. The molecule has 0 unspecified atom stereocenters. The lowest BCUT2D eigenvalue weighted by molar-refractivity contribution is -0.167. The number of tetrazole rings is 1. The fraction of sp³-hybridized carbons (Fsp3) is 0.381. The molecule has 4 rings (SSSR count). The predicted molar refractivity (Wildman–Crippen MR) is 136 cm³/mol. The first-order chi connectivity index (χ1) is 17.8. The van der Waals surface area contributed by atoms with Crippen molar-refractivity contribution in [3.05, 3.63) is 47.2 Å². The number of carbonyl (C=O) groups is 4. The van der Waals surface area contributed by atoms with E-state index >= 15 is 0 Å². The second-order valence-electron chi connectivity index (χ2n) is 7.81. The molecule has 2 amide bonds. The maximum atomic E-state index is 13.1. The third-order valence-electron chi connectivity index (χ3n) is 5.44. The molecule has 14 nitrogen and oxygen atoms in total. The fourth-order valence-electron chi connectivity index (χ4n) is 3.57. The standard InChI is InChI=1S/C21H23N7O7S2.ClH/c1-27-21(24-25-26-27)37-9-12-8-36-19-14(23-17(31)16(30)11-5-3-2-4-6-11)18(32)28(19)15(12)20(33)35-10-34-13(29)7-22;/h2-6,14,16,19,30H,7-10,22H2,1H3,(H,23,31);1H/t14-,16-,19-;/m1./s1. The number of benzene rings is 1. The van der Waals surface area contributed by atoms with Crippen LogP contribution in [0.2, 0.25) is 0 Å². The number of rotatable bonds is 10. The monoisotopic (exact) mass is 585 g/mol. The number of nitrogens with zero attached hydrogens (tertiary/aromatic N) is 5. The van der Waals surface area contributed by atoms with Crippen LogP contribution in [0.3, 0.4) is 0 Å². The van der Waals surface area contributed by atoms with Crippen LogP contribution in [0.4, 0.5) is 0 Å². The van der Waals surface area contributed by atoms with Crippen molar-refractivity contribution in [1.82, 2.24) is 30.4 Å². The summed E-state index contributed by atoms with van der Waals surface area (Å²) in [6.07, 6.45) is -1.46. The lowest BCUT2D eigenvalue weighted by atomic mass is 10.0. The van der Waals surface area contributed by atoms with Gasteiger partial charge in [-0.15, -0.1) is 29.3 Å². The number of esters is 2. The molecule has 1 aromatic carbocycles. The summed E-state index contributed by atoms with van der Waals surface area (Å²) in [4.78, 5) is 51.2. The van der Waals surface area contributed by atoms with Crippen molar-refractivity contribution in [3.8, 4) is 0 Å². The number of fused-ring (bicyclic) bond motifs is 1. The number of nitrogens with one attached hydrogen (secondary N) is 1. The second-order valence-corrected chi connectivity index (χ2v) is 9.85. The van der Waals surface area contributed by atoms with E-state index in [1.807, 2.05) is 0 Å². The Kier molecular flexibility index (Phi) is 10.1. The number of aliphatic hydroxyl groups excluding tert-OH is 1. The largest absolute Gasteiger partial charge is 0.427 e. The van der Waals surface area contributed by atoms with Gasteiger partial charge in [-0.25, -0.2) is 9.48 Å². The molecule has 1 saturated heterocycles. The summed E-state index contributed by atoms with van der Waals surface area (Å²) in [5, 5.41) is 24.1. The van der Waals surface area contributed by atoms with Gasteiger partial charge >= 0.3 is 11.9 Å². The number of nitrogens with two attached hydrogens (primary N) is 1. The van der Waals surface area contributed by atoms with Crippen molar-refractivity contribution in [1.29, 1.82) is 0 Å². The number of thioether (sulfide) groups is 2. The number of amides is 2. The van der Waals surface area contributed by atoms with E-state index in [9.17, 15) is 24.3 Å². The first kappa shape index (κ1) is 29.4. The van der Waals surface area contributed by atoms with Crippen molar-refractivity contribution in [2.75, 3.05) is 24.8 Å². The number of aliphatic hydroxyl groups is 1. The summed E-state index contributed by atoms with van der Waals surface area (Å²) < 4.78 is 11.3. The van der Waals surface area contributed by atoms with Crippen molar-refractivity contribution < 1.29 is 33.8 Å². The smallest absolute Gasteiger partial charge is 0.357 e. The van der Waals surface area contributed by atoms with Gasteiger partial charge in [0.15, 0.2) is 6.10 Å². The van der Waals surface area contributed by atoms with Crippen LogP contribution in [0.1, 0.15) is 11.7 Å². The molecule has 3 atom stereocenters. The van der Waals surface area contributed by atoms with E-state index < -0.39 is 48.1 Å². The van der Waals surface area contributed by atoms with Crippen LogP contribution >= 0.6 is 35.9 Å². The lowest BCUT2D eigenvalue weighted by Gasteiger charge is -2.49. The zero-order valence-electron chi connectivity index (χ0n) is 19.9. The van der Waals surface area contributed by atoms with Gasteiger partial charge in [0.1, 0.15) is 17.1 Å². The minimum Gasteiger partial charge on any atom is -0.427 e. The average Bonchev–Trinajstić information content (AvgIpc) is 3.33. The Morgan fingerprint density at radius 2 is 2.03 bits per heavy atom. The van der Waals surface area contributed by atoms with Gasteiger partial charge in [0.25, 0.3) is 11.8 Å². The van der Waals surface area contributed by atoms with Gasteiger partial charge in [-0.3, -0.25) is 19.3 Å². The van der Waals surface area contributed by atoms with E-state index in [4.69, 9.17) is 15.2 Å². The minimum absolute atomic E-state index is 0. The molecule has 1 fully saturated rings. The van der Waals surface area contributed by atoms with Crippen LogP contribution in [0.25, 0.3) is 0 Å². The highest BCUT2D eigenvalue weighted by atomic mass is 35.5. The van der Waals surface area contributed by atoms with Crippen molar-refractivity contribution in [3.63, 3.8) is 0 Å². The van der Waals surface area contributed by atoms with Gasteiger partial charge in [-0.2, -0.15) is 0 Å². The van der Waals surface area contributed by atoms with Gasteiger partial charge in [-0.05, 0) is 21.6 Å². The van der Waals surface area contributed by atoms with Gasteiger partial charge in [0, 0.05) is 18.6 Å². The predicted octanol–water partition coefficient (Wildman–Crippen LogP) is -0.886. The molecule has 204 valence electrons. The molecule has 38 heavy (non-hydrogen) atoms. The topological polar surface area (TPSA) is 192 Å². The molecule has 4 N–H and O–H groups in total. The average molecular weight is 586 g/mol. The van der Waals surface area contributed by atoms with Crippen LogP contribution < -0.4 is 11.1 Å². The van der Waals surface area contributed by atoms with Crippen LogP contribution in [0, 0.1) is 0 Å². The number of hydrogen-bond acceptors (Lipinski definition) is 13. The quantitative estimate of drug-likeness (QED) is 0.135. The molecule has 0 bridgehead atoms. The van der Waals surface area contributed by atoms with Crippen LogP contribution in [-0.2, 0) is 35.7 Å². The molecular formula is C21H24ClN7O7S2. The summed E-state index contributed by atoms with van der Waals surface area (Å²) in [6, 6.07) is 7.36. The molecule has 1 aromatic heterocycles. The summed E-state index contributed by atoms with van der Waals surface area (Å²) in [5.74, 6) is -2.29. The second kappa shape index (κ2) is 13.1. The van der Waals surface area contributed by atoms with E-state index in [0.29, 0.717) is 22.0 Å². The first-order valence-electron chi connectivity index (χ1n) is 10.9. The van der Waals surface area contributed by atoms with Crippen molar-refractivity contribution in [2.24, 2.45) is 12.8 Å². The molecule has 17 heteroatoms. The molecule has 3 heterocycles. The molecule has 0 aliphatic carbocycles. The Labute approximate surface area is 231 Å². The van der Waals surface area contributed by atoms with Crippen molar-refractivity contribution in [2.45, 2.75) is 22.7 Å². The van der Waals surface area contributed by atoms with E-state index in [-0.39, 0.29) is 30.4 Å². The Morgan fingerprint density at radius 3 is 2.68 bits per heavy atom. The number of aryl methyl sites for hydroxylation is 1. The summed E-state index contributed by atoms with van der Waals surface area (Å²) in [7, 11) is 1.67. The van der Waals surface area contributed by atoms with Gasteiger partial charge < -0.3 is 25.6 Å². The van der Waals surface area contributed by atoms with Gasteiger partial charge in [-0.1, -0.05) is 42.1 Å². The Morgan fingerprint density at radius 1 is 1.29 bits per heavy atom. The third kappa shape index (κ3) is 6.27. The number of halogens is 1. The van der Waals surface area contributed by atoms with E-state index in [0.717, 1.165) is 0 Å². The van der Waals surface area contributed by atoms with Crippen molar-refractivity contribution >= 4 is 59.7 Å². The number of carbonyl (C=O) groups excluding carboxylic acids is 4. The first-order valence-corrected chi connectivity index (χ1v) is 12.9. The third-order valence-corrected chi connectivity index (χ3v) is 7.87. The van der Waals surface area contributed by atoms with Crippen LogP contribution in [-0.4, -0.2) is 90.2 Å².